The van der Waals surface area contributed by atoms with E-state index in [-0.39, 0.29) is 6.04 Å². The summed E-state index contributed by atoms with van der Waals surface area (Å²) in [6, 6.07) is 8.28. The van der Waals surface area contributed by atoms with Gasteiger partial charge in [-0.2, -0.15) is 0 Å². The van der Waals surface area contributed by atoms with E-state index in [2.05, 4.69) is 30.4 Å². The number of benzene rings is 1. The molecule has 1 N–H and O–H groups in total. The molecule has 3 nitrogen and oxygen atoms in total. The molecule has 1 heterocycles. The van der Waals surface area contributed by atoms with Gasteiger partial charge in [-0.15, -0.1) is 0 Å². The van der Waals surface area contributed by atoms with E-state index in [4.69, 9.17) is 9.47 Å². The Hall–Kier alpha value is -1.48. The Kier molecular flexibility index (Phi) is 4.04. The van der Waals surface area contributed by atoms with Crippen LogP contribution in [0.25, 0.3) is 0 Å². The Morgan fingerprint density at radius 2 is 2.12 bits per heavy atom. The van der Waals surface area contributed by atoms with Gasteiger partial charge >= 0.3 is 0 Å². The molecule has 92 valence electrons. The Morgan fingerprint density at radius 1 is 1.35 bits per heavy atom. The van der Waals surface area contributed by atoms with Gasteiger partial charge < -0.3 is 14.8 Å². The van der Waals surface area contributed by atoms with Crippen LogP contribution >= 0.6 is 0 Å². The molecule has 0 saturated carbocycles. The van der Waals surface area contributed by atoms with Crippen LogP contribution in [0.4, 0.5) is 0 Å². The molecule has 0 radical (unpaired) electrons. The normalized spacial score (nSPS) is 16.2. The minimum atomic E-state index is 0.161. The van der Waals surface area contributed by atoms with E-state index in [0.717, 1.165) is 31.1 Å². The van der Waals surface area contributed by atoms with E-state index in [1.54, 1.807) is 7.11 Å². The Morgan fingerprint density at radius 3 is 2.65 bits per heavy atom. The number of nitrogens with one attached hydrogen (secondary N) is 1. The fraction of sp³-hybridized carbons (Fsp3) is 0.429. The minimum Gasteiger partial charge on any atom is -0.497 e. The molecule has 0 aromatic heterocycles. The van der Waals surface area contributed by atoms with Crippen LogP contribution < -0.4 is 10.1 Å². The molecule has 1 aliphatic heterocycles. The molecule has 2 rings (SSSR count). The number of rotatable bonds is 5. The zero-order chi connectivity index (χ0) is 12.1. The third-order valence-electron chi connectivity index (χ3n) is 2.87. The van der Waals surface area contributed by atoms with E-state index >= 15 is 0 Å². The SMILES string of the molecule is CCNC(C1=CCCO1)c1ccc(OC)cc1. The largest absolute Gasteiger partial charge is 0.497 e. The maximum absolute atomic E-state index is 5.65. The van der Waals surface area contributed by atoms with Crippen LogP contribution in [0, 0.1) is 0 Å². The van der Waals surface area contributed by atoms with Gasteiger partial charge in [-0.05, 0) is 30.3 Å². The number of methoxy groups -OCH3 is 1. The lowest BCUT2D eigenvalue weighted by atomic mass is 10.0. The third kappa shape index (κ3) is 2.80. The van der Waals surface area contributed by atoms with Crippen molar-refractivity contribution in [3.8, 4) is 5.75 Å². The summed E-state index contributed by atoms with van der Waals surface area (Å²) in [6.45, 7) is 3.82. The van der Waals surface area contributed by atoms with Crippen LogP contribution in [-0.2, 0) is 4.74 Å². The Bertz CT molecular complexity index is 384. The van der Waals surface area contributed by atoms with Crippen molar-refractivity contribution in [3.63, 3.8) is 0 Å². The van der Waals surface area contributed by atoms with Gasteiger partial charge in [-0.1, -0.05) is 19.1 Å². The molecule has 1 aromatic rings. The first-order chi connectivity index (χ1) is 8.35. The molecule has 1 atom stereocenters. The van der Waals surface area contributed by atoms with Crippen molar-refractivity contribution in [3.05, 3.63) is 41.7 Å². The van der Waals surface area contributed by atoms with Gasteiger partial charge in [-0.25, -0.2) is 0 Å². The van der Waals surface area contributed by atoms with Crippen molar-refractivity contribution < 1.29 is 9.47 Å². The molecule has 17 heavy (non-hydrogen) atoms. The Balaban J connectivity index is 2.19. The monoisotopic (exact) mass is 233 g/mol. The first-order valence-electron chi connectivity index (χ1n) is 6.05. The summed E-state index contributed by atoms with van der Waals surface area (Å²) in [6.07, 6.45) is 3.17. The highest BCUT2D eigenvalue weighted by Crippen LogP contribution is 2.27. The molecule has 0 amide bonds. The van der Waals surface area contributed by atoms with E-state index in [9.17, 15) is 0 Å². The Labute approximate surface area is 102 Å². The van der Waals surface area contributed by atoms with Crippen LogP contribution in [0.2, 0.25) is 0 Å². The van der Waals surface area contributed by atoms with Gasteiger partial charge in [0.25, 0.3) is 0 Å². The van der Waals surface area contributed by atoms with E-state index in [1.807, 2.05) is 12.1 Å². The summed E-state index contributed by atoms with van der Waals surface area (Å²) in [5.41, 5.74) is 1.21. The summed E-state index contributed by atoms with van der Waals surface area (Å²) >= 11 is 0. The molecular weight excluding hydrogens is 214 g/mol. The van der Waals surface area contributed by atoms with Crippen LogP contribution in [0.3, 0.4) is 0 Å². The molecule has 0 saturated heterocycles. The lowest BCUT2D eigenvalue weighted by Gasteiger charge is -2.19. The average molecular weight is 233 g/mol. The van der Waals surface area contributed by atoms with Gasteiger partial charge in [0.1, 0.15) is 11.5 Å². The highest BCUT2D eigenvalue weighted by Gasteiger charge is 2.19. The molecule has 0 spiro atoms. The number of hydrogen-bond acceptors (Lipinski definition) is 3. The van der Waals surface area contributed by atoms with Gasteiger partial charge in [0.2, 0.25) is 0 Å². The van der Waals surface area contributed by atoms with Crippen molar-refractivity contribution in [2.45, 2.75) is 19.4 Å². The summed E-state index contributed by atoms with van der Waals surface area (Å²) in [7, 11) is 1.68. The van der Waals surface area contributed by atoms with Crippen molar-refractivity contribution in [2.75, 3.05) is 20.3 Å². The predicted octanol–water partition coefficient (Wildman–Crippen LogP) is 2.65. The maximum atomic E-state index is 5.65. The van der Waals surface area contributed by atoms with E-state index in [1.165, 1.54) is 5.56 Å². The number of ether oxygens (including phenoxy) is 2. The maximum Gasteiger partial charge on any atom is 0.118 e. The van der Waals surface area contributed by atoms with Gasteiger partial charge in [0, 0.05) is 6.42 Å². The van der Waals surface area contributed by atoms with Crippen molar-refractivity contribution in [1.82, 2.24) is 5.32 Å². The van der Waals surface area contributed by atoms with Crippen molar-refractivity contribution in [1.29, 1.82) is 0 Å². The summed E-state index contributed by atoms with van der Waals surface area (Å²) in [5.74, 6) is 1.92. The van der Waals surface area contributed by atoms with Gasteiger partial charge in [0.15, 0.2) is 0 Å². The molecule has 0 fully saturated rings. The van der Waals surface area contributed by atoms with Crippen LogP contribution in [-0.4, -0.2) is 20.3 Å². The summed E-state index contributed by atoms with van der Waals surface area (Å²) in [4.78, 5) is 0. The second-order valence-electron chi connectivity index (χ2n) is 4.01. The fourth-order valence-corrected chi connectivity index (χ4v) is 2.02. The average Bonchev–Trinajstić information content (AvgIpc) is 2.90. The number of likely N-dealkylation sites (N-methyl/N-ethyl adjacent to an activating group) is 1. The van der Waals surface area contributed by atoms with E-state index < -0.39 is 0 Å². The highest BCUT2D eigenvalue weighted by atomic mass is 16.5. The summed E-state index contributed by atoms with van der Waals surface area (Å²) < 4.78 is 10.8. The van der Waals surface area contributed by atoms with Crippen molar-refractivity contribution >= 4 is 0 Å². The molecule has 1 aliphatic rings. The molecule has 1 aromatic carbocycles. The van der Waals surface area contributed by atoms with Crippen LogP contribution in [0.1, 0.15) is 24.9 Å². The second-order valence-corrected chi connectivity index (χ2v) is 4.01. The van der Waals surface area contributed by atoms with Crippen LogP contribution in [0.5, 0.6) is 5.75 Å². The fourth-order valence-electron chi connectivity index (χ4n) is 2.02. The van der Waals surface area contributed by atoms with Gasteiger partial charge in [-0.3, -0.25) is 0 Å². The summed E-state index contributed by atoms with van der Waals surface area (Å²) in [5, 5.41) is 3.44. The van der Waals surface area contributed by atoms with E-state index in [0.29, 0.717) is 0 Å². The quantitative estimate of drug-likeness (QED) is 0.848. The zero-order valence-electron chi connectivity index (χ0n) is 10.4. The minimum absolute atomic E-state index is 0.161. The lowest BCUT2D eigenvalue weighted by Crippen LogP contribution is -2.23. The number of hydrogen-bond donors (Lipinski definition) is 1. The standard InChI is InChI=1S/C14H19NO2/c1-3-15-14(13-5-4-10-17-13)11-6-8-12(16-2)9-7-11/h5-9,14-15H,3-4,10H2,1-2H3. The van der Waals surface area contributed by atoms with Crippen LogP contribution in [0.15, 0.2) is 36.1 Å². The lowest BCUT2D eigenvalue weighted by molar-refractivity contribution is 0.216. The molecule has 1 unspecified atom stereocenters. The molecule has 3 heteroatoms. The topological polar surface area (TPSA) is 30.5 Å². The van der Waals surface area contributed by atoms with Gasteiger partial charge in [0.05, 0.1) is 19.8 Å². The first kappa shape index (κ1) is 12.0. The predicted molar refractivity (Wildman–Crippen MR) is 68.1 cm³/mol. The smallest absolute Gasteiger partial charge is 0.118 e. The molecule has 0 bridgehead atoms. The second kappa shape index (κ2) is 5.73. The van der Waals surface area contributed by atoms with Crippen molar-refractivity contribution in [2.24, 2.45) is 0 Å². The molecule has 0 aliphatic carbocycles. The third-order valence-corrected chi connectivity index (χ3v) is 2.87. The zero-order valence-corrected chi connectivity index (χ0v) is 10.4. The first-order valence-corrected chi connectivity index (χ1v) is 6.05. The highest BCUT2D eigenvalue weighted by molar-refractivity contribution is 5.32. The molecular formula is C14H19NO2.